The number of nitrogens with one attached hydrogen (secondary N) is 1. The topological polar surface area (TPSA) is 70.6 Å². The molecule has 7 nitrogen and oxygen atoms in total. The maximum absolute atomic E-state index is 11.6. The Morgan fingerprint density at radius 1 is 1.15 bits per heavy atom. The van der Waals surface area contributed by atoms with Gasteiger partial charge in [-0.2, -0.15) is 4.98 Å². The van der Waals surface area contributed by atoms with Gasteiger partial charge in [0.25, 0.3) is 0 Å². The summed E-state index contributed by atoms with van der Waals surface area (Å²) >= 11 is 0. The highest BCUT2D eigenvalue weighted by molar-refractivity contribution is 5.73. The first-order valence-electron chi connectivity index (χ1n) is 9.35. The molecule has 2 heterocycles. The molecular formula is C20H27N5O2. The lowest BCUT2D eigenvalue weighted by Crippen LogP contribution is -2.48. The molecule has 0 bridgehead atoms. The summed E-state index contributed by atoms with van der Waals surface area (Å²) in [7, 11) is 1.71. The number of carbonyl (C=O) groups excluding carboxylic acids is 1. The number of nitrogens with zero attached hydrogens (tertiary/aromatic N) is 4. The molecule has 0 unspecified atom stereocenters. The number of carbonyl (C=O) groups is 1. The Morgan fingerprint density at radius 3 is 2.56 bits per heavy atom. The molecule has 3 rings (SSSR count). The van der Waals surface area contributed by atoms with Crippen LogP contribution in [0.25, 0.3) is 11.3 Å². The van der Waals surface area contributed by atoms with Crippen molar-refractivity contribution in [1.82, 2.24) is 14.9 Å². The zero-order valence-corrected chi connectivity index (χ0v) is 16.0. The Hall–Kier alpha value is -2.67. The van der Waals surface area contributed by atoms with Gasteiger partial charge in [-0.15, -0.1) is 0 Å². The van der Waals surface area contributed by atoms with Gasteiger partial charge in [-0.1, -0.05) is 30.3 Å². The third-order valence-corrected chi connectivity index (χ3v) is 4.62. The maximum Gasteiger partial charge on any atom is 0.227 e. The fourth-order valence-corrected chi connectivity index (χ4v) is 3.08. The number of rotatable bonds is 7. The van der Waals surface area contributed by atoms with E-state index in [2.05, 4.69) is 22.3 Å². The van der Waals surface area contributed by atoms with Gasteiger partial charge >= 0.3 is 0 Å². The molecule has 1 aliphatic heterocycles. The molecule has 0 saturated carbocycles. The second kappa shape index (κ2) is 9.32. The van der Waals surface area contributed by atoms with Crippen molar-refractivity contribution >= 4 is 17.7 Å². The van der Waals surface area contributed by atoms with Gasteiger partial charge in [-0.25, -0.2) is 4.98 Å². The van der Waals surface area contributed by atoms with Crippen molar-refractivity contribution in [1.29, 1.82) is 0 Å². The summed E-state index contributed by atoms with van der Waals surface area (Å²) in [5.74, 6) is 1.63. The summed E-state index contributed by atoms with van der Waals surface area (Å²) in [6.07, 6.45) is 0.911. The van der Waals surface area contributed by atoms with E-state index < -0.39 is 0 Å². The van der Waals surface area contributed by atoms with Gasteiger partial charge < -0.3 is 19.9 Å². The Bertz CT molecular complexity index is 745. The first kappa shape index (κ1) is 19.1. The Kier molecular flexibility index (Phi) is 6.59. The fourth-order valence-electron chi connectivity index (χ4n) is 3.08. The van der Waals surface area contributed by atoms with Crippen LogP contribution in [0.3, 0.4) is 0 Å². The smallest absolute Gasteiger partial charge is 0.227 e. The third kappa shape index (κ3) is 5.17. The van der Waals surface area contributed by atoms with Crippen LogP contribution in [0.15, 0.2) is 36.4 Å². The molecule has 144 valence electrons. The number of hydrogen-bond acceptors (Lipinski definition) is 6. The number of piperazine rings is 1. The zero-order chi connectivity index (χ0) is 19.1. The average molecular weight is 369 g/mol. The quantitative estimate of drug-likeness (QED) is 0.755. The highest BCUT2D eigenvalue weighted by Gasteiger charge is 2.21. The highest BCUT2D eigenvalue weighted by atomic mass is 16.5. The van der Waals surface area contributed by atoms with Crippen LogP contribution in [0, 0.1) is 0 Å². The van der Waals surface area contributed by atoms with E-state index in [0.717, 1.165) is 43.1 Å². The number of anilines is 2. The minimum Gasteiger partial charge on any atom is -0.385 e. The van der Waals surface area contributed by atoms with Gasteiger partial charge in [0.1, 0.15) is 5.82 Å². The second-order valence-corrected chi connectivity index (χ2v) is 6.57. The molecule has 0 spiro atoms. The van der Waals surface area contributed by atoms with E-state index in [1.165, 1.54) is 0 Å². The van der Waals surface area contributed by atoms with E-state index in [4.69, 9.17) is 14.7 Å². The largest absolute Gasteiger partial charge is 0.385 e. The number of amides is 1. The van der Waals surface area contributed by atoms with Gasteiger partial charge in [0, 0.05) is 65.0 Å². The Labute approximate surface area is 160 Å². The second-order valence-electron chi connectivity index (χ2n) is 6.57. The molecule has 2 aromatic rings. The first-order valence-corrected chi connectivity index (χ1v) is 9.35. The highest BCUT2D eigenvalue weighted by Crippen LogP contribution is 2.23. The van der Waals surface area contributed by atoms with Gasteiger partial charge in [0.05, 0.1) is 5.69 Å². The van der Waals surface area contributed by atoms with E-state index in [9.17, 15) is 4.79 Å². The molecule has 0 aliphatic carbocycles. The summed E-state index contributed by atoms with van der Waals surface area (Å²) in [6.45, 7) is 5.99. The van der Waals surface area contributed by atoms with E-state index in [1.807, 2.05) is 29.2 Å². The monoisotopic (exact) mass is 369 g/mol. The van der Waals surface area contributed by atoms with Crippen molar-refractivity contribution in [2.75, 3.05) is 56.7 Å². The predicted octanol–water partition coefficient (Wildman–Crippen LogP) is 2.26. The molecule has 1 aliphatic rings. The minimum atomic E-state index is 0.120. The molecular weight excluding hydrogens is 342 g/mol. The number of methoxy groups -OCH3 is 1. The minimum absolute atomic E-state index is 0.120. The van der Waals surface area contributed by atoms with Crippen molar-refractivity contribution in [3.8, 4) is 11.3 Å². The molecule has 7 heteroatoms. The lowest BCUT2D eigenvalue weighted by atomic mass is 10.1. The lowest BCUT2D eigenvalue weighted by Gasteiger charge is -2.34. The van der Waals surface area contributed by atoms with E-state index >= 15 is 0 Å². The molecule has 1 aromatic carbocycles. The Morgan fingerprint density at radius 2 is 1.89 bits per heavy atom. The summed E-state index contributed by atoms with van der Waals surface area (Å²) in [5.41, 5.74) is 1.95. The van der Waals surface area contributed by atoms with Crippen LogP contribution in [-0.4, -0.2) is 67.2 Å². The van der Waals surface area contributed by atoms with Crippen molar-refractivity contribution in [2.24, 2.45) is 0 Å². The van der Waals surface area contributed by atoms with Crippen LogP contribution in [0.5, 0.6) is 0 Å². The van der Waals surface area contributed by atoms with Crippen LogP contribution in [0.1, 0.15) is 13.3 Å². The van der Waals surface area contributed by atoms with Crippen molar-refractivity contribution in [3.63, 3.8) is 0 Å². The maximum atomic E-state index is 11.6. The molecule has 0 atom stereocenters. The van der Waals surface area contributed by atoms with Gasteiger partial charge in [-0.3, -0.25) is 4.79 Å². The number of benzene rings is 1. The van der Waals surface area contributed by atoms with Gasteiger partial charge in [0.15, 0.2) is 0 Å². The molecule has 1 aromatic heterocycles. The third-order valence-electron chi connectivity index (χ3n) is 4.62. The molecule has 1 amide bonds. The summed E-state index contributed by atoms with van der Waals surface area (Å²) in [4.78, 5) is 25.1. The fraction of sp³-hybridized carbons (Fsp3) is 0.450. The van der Waals surface area contributed by atoms with Crippen molar-refractivity contribution in [3.05, 3.63) is 36.4 Å². The van der Waals surface area contributed by atoms with Crippen LogP contribution < -0.4 is 10.2 Å². The number of aromatic nitrogens is 2. The molecule has 1 fully saturated rings. The summed E-state index contributed by atoms with van der Waals surface area (Å²) < 4.78 is 5.11. The molecule has 1 N–H and O–H groups in total. The standard InChI is InChI=1S/C20H27N5O2/c1-16(26)24-10-12-25(13-11-24)20-22-18(17-7-4-3-5-8-17)15-19(23-20)21-9-6-14-27-2/h3-5,7-8,15H,6,9-14H2,1-2H3,(H,21,22,23). The molecule has 0 radical (unpaired) electrons. The van der Waals surface area contributed by atoms with Gasteiger partial charge in [-0.05, 0) is 6.42 Å². The van der Waals surface area contributed by atoms with Crippen LogP contribution in [-0.2, 0) is 9.53 Å². The summed E-state index contributed by atoms with van der Waals surface area (Å²) in [6, 6.07) is 12.1. The van der Waals surface area contributed by atoms with Crippen LogP contribution in [0.2, 0.25) is 0 Å². The van der Waals surface area contributed by atoms with Crippen molar-refractivity contribution in [2.45, 2.75) is 13.3 Å². The average Bonchev–Trinajstić information content (AvgIpc) is 2.72. The zero-order valence-electron chi connectivity index (χ0n) is 16.0. The van der Waals surface area contributed by atoms with Crippen LogP contribution in [0.4, 0.5) is 11.8 Å². The van der Waals surface area contributed by atoms with E-state index in [1.54, 1.807) is 14.0 Å². The Balaban J connectivity index is 1.80. The van der Waals surface area contributed by atoms with Crippen LogP contribution >= 0.6 is 0 Å². The molecule has 1 saturated heterocycles. The first-order chi connectivity index (χ1) is 13.2. The lowest BCUT2D eigenvalue weighted by molar-refractivity contribution is -0.129. The number of ether oxygens (including phenoxy) is 1. The number of hydrogen-bond donors (Lipinski definition) is 1. The van der Waals surface area contributed by atoms with E-state index in [0.29, 0.717) is 25.6 Å². The predicted molar refractivity (Wildman–Crippen MR) is 107 cm³/mol. The summed E-state index contributed by atoms with van der Waals surface area (Å²) in [5, 5.41) is 3.37. The normalized spacial score (nSPS) is 14.3. The molecule has 27 heavy (non-hydrogen) atoms. The van der Waals surface area contributed by atoms with E-state index in [-0.39, 0.29) is 5.91 Å². The SMILES string of the molecule is COCCCNc1cc(-c2ccccc2)nc(N2CCN(C(C)=O)CC2)n1. The van der Waals surface area contributed by atoms with Crippen molar-refractivity contribution < 1.29 is 9.53 Å². The van der Waals surface area contributed by atoms with Gasteiger partial charge in [0.2, 0.25) is 11.9 Å².